The number of hydrogen-bond acceptors (Lipinski definition) is 3. The van der Waals surface area contributed by atoms with E-state index in [1.807, 2.05) is 0 Å². The summed E-state index contributed by atoms with van der Waals surface area (Å²) in [6.45, 7) is 1.75. The minimum atomic E-state index is -0.636. The Morgan fingerprint density at radius 1 is 1.43 bits per heavy atom. The first-order valence-corrected chi connectivity index (χ1v) is 6.36. The molecular weight excluding hydrogens is 277 g/mol. The molecule has 1 heterocycles. The number of hydrogen-bond donors (Lipinski definition) is 3. The lowest BCUT2D eigenvalue weighted by Crippen LogP contribution is -2.23. The second kappa shape index (κ2) is 5.82. The van der Waals surface area contributed by atoms with Gasteiger partial charge in [0.25, 0.3) is 5.91 Å². The van der Waals surface area contributed by atoms with Gasteiger partial charge in [0.15, 0.2) is 11.6 Å². The molecule has 0 radical (unpaired) electrons. The summed E-state index contributed by atoms with van der Waals surface area (Å²) in [5.74, 6) is -1.25. The fourth-order valence-corrected chi connectivity index (χ4v) is 2.24. The number of benzene rings is 1. The van der Waals surface area contributed by atoms with E-state index in [2.05, 4.69) is 10.3 Å². The predicted molar refractivity (Wildman–Crippen MR) is 75.7 cm³/mol. The van der Waals surface area contributed by atoms with E-state index in [0.717, 1.165) is 0 Å². The lowest BCUT2D eigenvalue weighted by molar-refractivity contribution is -0.118. The minimum Gasteiger partial charge on any atom is -0.494 e. The van der Waals surface area contributed by atoms with Crippen LogP contribution in [0.15, 0.2) is 12.1 Å². The molecule has 0 aliphatic heterocycles. The molecule has 4 N–H and O–H groups in total. The van der Waals surface area contributed by atoms with E-state index in [4.69, 9.17) is 10.5 Å². The van der Waals surface area contributed by atoms with Crippen molar-refractivity contribution in [2.24, 2.45) is 5.73 Å². The summed E-state index contributed by atoms with van der Waals surface area (Å²) < 4.78 is 18.6. The van der Waals surface area contributed by atoms with Gasteiger partial charge in [0.1, 0.15) is 5.69 Å². The van der Waals surface area contributed by atoms with Crippen molar-refractivity contribution in [1.29, 1.82) is 0 Å². The van der Waals surface area contributed by atoms with Crippen molar-refractivity contribution < 1.29 is 18.7 Å². The number of fused-ring (bicyclic) bond motifs is 1. The quantitative estimate of drug-likeness (QED) is 0.769. The molecule has 0 atom stereocenters. The highest BCUT2D eigenvalue weighted by atomic mass is 19.1. The van der Waals surface area contributed by atoms with Crippen molar-refractivity contribution in [3.63, 3.8) is 0 Å². The zero-order chi connectivity index (χ0) is 15.6. The Morgan fingerprint density at radius 3 is 2.71 bits per heavy atom. The van der Waals surface area contributed by atoms with Gasteiger partial charge in [0.2, 0.25) is 5.91 Å². The van der Waals surface area contributed by atoms with Gasteiger partial charge in [-0.1, -0.05) is 0 Å². The molecule has 0 fully saturated rings. The molecule has 6 nitrogen and oxygen atoms in total. The van der Waals surface area contributed by atoms with Crippen LogP contribution in [-0.2, 0) is 11.2 Å². The van der Waals surface area contributed by atoms with E-state index >= 15 is 0 Å². The third-order valence-corrected chi connectivity index (χ3v) is 3.17. The molecule has 2 aromatic rings. The maximum absolute atomic E-state index is 13.7. The van der Waals surface area contributed by atoms with Crippen LogP contribution in [-0.4, -0.2) is 30.5 Å². The van der Waals surface area contributed by atoms with Crippen LogP contribution in [0.2, 0.25) is 0 Å². The molecule has 2 rings (SSSR count). The number of aromatic nitrogens is 1. The normalized spacial score (nSPS) is 10.6. The minimum absolute atomic E-state index is 0.0818. The van der Waals surface area contributed by atoms with Crippen molar-refractivity contribution in [2.75, 3.05) is 13.7 Å². The molecule has 0 aliphatic carbocycles. The average Bonchev–Trinajstić information content (AvgIpc) is 2.75. The van der Waals surface area contributed by atoms with Crippen LogP contribution in [0.1, 0.15) is 23.0 Å². The monoisotopic (exact) mass is 293 g/mol. The smallest absolute Gasteiger partial charge is 0.265 e. The van der Waals surface area contributed by atoms with Crippen molar-refractivity contribution in [3.05, 3.63) is 29.2 Å². The molecule has 0 bridgehead atoms. The lowest BCUT2D eigenvalue weighted by atomic mass is 10.1. The van der Waals surface area contributed by atoms with Gasteiger partial charge in [-0.05, 0) is 18.1 Å². The fourth-order valence-electron chi connectivity index (χ4n) is 2.24. The maximum Gasteiger partial charge on any atom is 0.265 e. The molecule has 112 valence electrons. The third kappa shape index (κ3) is 2.96. The highest BCUT2D eigenvalue weighted by Crippen LogP contribution is 2.29. The highest BCUT2D eigenvalue weighted by Gasteiger charge is 2.18. The number of nitrogens with two attached hydrogens (primary N) is 1. The van der Waals surface area contributed by atoms with E-state index in [1.54, 1.807) is 0 Å². The first-order valence-electron chi connectivity index (χ1n) is 6.36. The molecule has 1 aromatic carbocycles. The lowest BCUT2D eigenvalue weighted by Gasteiger charge is -2.05. The summed E-state index contributed by atoms with van der Waals surface area (Å²) in [6.07, 6.45) is 0.395. The number of primary amides is 1. The van der Waals surface area contributed by atoms with E-state index in [-0.39, 0.29) is 17.4 Å². The van der Waals surface area contributed by atoms with Gasteiger partial charge in [-0.15, -0.1) is 0 Å². The van der Waals surface area contributed by atoms with Gasteiger partial charge in [0.05, 0.1) is 7.11 Å². The number of amides is 2. The third-order valence-electron chi connectivity index (χ3n) is 3.17. The number of H-pyrrole nitrogens is 1. The van der Waals surface area contributed by atoms with Crippen molar-refractivity contribution in [3.8, 4) is 5.75 Å². The molecule has 7 heteroatoms. The Bertz CT molecular complexity index is 709. The summed E-state index contributed by atoms with van der Waals surface area (Å²) in [6, 6.07) is 2.76. The molecule has 0 unspecified atom stereocenters. The average molecular weight is 293 g/mol. The number of halogens is 1. The number of ether oxygens (including phenoxy) is 1. The Kier molecular flexibility index (Phi) is 4.11. The summed E-state index contributed by atoms with van der Waals surface area (Å²) in [5, 5.41) is 3.29. The van der Waals surface area contributed by atoms with Crippen LogP contribution in [0.25, 0.3) is 10.9 Å². The van der Waals surface area contributed by atoms with Crippen LogP contribution in [0, 0.1) is 5.82 Å². The largest absolute Gasteiger partial charge is 0.494 e. The summed E-state index contributed by atoms with van der Waals surface area (Å²) in [5.41, 5.74) is 6.63. The number of aromatic amines is 1. The number of carbonyl (C=O) groups excluding carboxylic acids is 2. The van der Waals surface area contributed by atoms with E-state index in [0.29, 0.717) is 29.4 Å². The number of rotatable bonds is 5. The van der Waals surface area contributed by atoms with Crippen molar-refractivity contribution in [1.82, 2.24) is 10.3 Å². The second-order valence-electron chi connectivity index (χ2n) is 4.61. The van der Waals surface area contributed by atoms with E-state index < -0.39 is 11.7 Å². The SMILES string of the molecule is COc1cc2c(CCNC(C)=O)c(C(N)=O)[nH]c2cc1F. The molecule has 0 saturated carbocycles. The first kappa shape index (κ1) is 14.8. The summed E-state index contributed by atoms with van der Waals surface area (Å²) in [7, 11) is 1.36. The fraction of sp³-hybridized carbons (Fsp3) is 0.286. The molecular formula is C14H16FN3O3. The summed E-state index contributed by atoms with van der Waals surface area (Å²) in [4.78, 5) is 25.2. The van der Waals surface area contributed by atoms with Crippen LogP contribution in [0.3, 0.4) is 0 Å². The molecule has 0 spiro atoms. The van der Waals surface area contributed by atoms with Gasteiger partial charge in [-0.3, -0.25) is 9.59 Å². The molecule has 2 amide bonds. The molecule has 0 saturated heterocycles. The van der Waals surface area contributed by atoms with Crippen molar-refractivity contribution in [2.45, 2.75) is 13.3 Å². The zero-order valence-corrected chi connectivity index (χ0v) is 11.7. The Labute approximate surface area is 120 Å². The molecule has 0 aliphatic rings. The van der Waals surface area contributed by atoms with Crippen LogP contribution < -0.4 is 15.8 Å². The van der Waals surface area contributed by atoms with Crippen molar-refractivity contribution >= 4 is 22.7 Å². The number of methoxy groups -OCH3 is 1. The second-order valence-corrected chi connectivity index (χ2v) is 4.61. The van der Waals surface area contributed by atoms with Gasteiger partial charge in [0, 0.05) is 30.4 Å². The predicted octanol–water partition coefficient (Wildman–Crippen LogP) is 1.09. The summed E-state index contributed by atoms with van der Waals surface area (Å²) >= 11 is 0. The maximum atomic E-state index is 13.7. The highest BCUT2D eigenvalue weighted by molar-refractivity contribution is 6.00. The number of carbonyl (C=O) groups is 2. The van der Waals surface area contributed by atoms with Crippen LogP contribution >= 0.6 is 0 Å². The Balaban J connectivity index is 2.50. The first-order chi connectivity index (χ1) is 9.93. The van der Waals surface area contributed by atoms with E-state index in [9.17, 15) is 14.0 Å². The number of nitrogens with one attached hydrogen (secondary N) is 2. The zero-order valence-electron chi connectivity index (χ0n) is 11.7. The van der Waals surface area contributed by atoms with Gasteiger partial charge in [-0.25, -0.2) is 4.39 Å². The van der Waals surface area contributed by atoms with Gasteiger partial charge < -0.3 is 20.8 Å². The van der Waals surface area contributed by atoms with E-state index in [1.165, 1.54) is 26.2 Å². The molecule has 21 heavy (non-hydrogen) atoms. The standard InChI is InChI=1S/C14H16FN3O3/c1-7(19)17-4-3-8-9-5-12(21-2)10(15)6-11(9)18-13(8)14(16)20/h5-6,18H,3-4H2,1-2H3,(H2,16,20)(H,17,19). The topological polar surface area (TPSA) is 97.2 Å². The van der Waals surface area contributed by atoms with Crippen LogP contribution in [0.4, 0.5) is 4.39 Å². The van der Waals surface area contributed by atoms with Gasteiger partial charge in [-0.2, -0.15) is 0 Å². The van der Waals surface area contributed by atoms with Crippen LogP contribution in [0.5, 0.6) is 5.75 Å². The van der Waals surface area contributed by atoms with Gasteiger partial charge >= 0.3 is 0 Å². The Hall–Kier alpha value is -2.57. The Morgan fingerprint density at radius 2 is 2.14 bits per heavy atom. The molecule has 1 aromatic heterocycles.